The summed E-state index contributed by atoms with van der Waals surface area (Å²) in [6, 6.07) is 13.7. The molecule has 2 aliphatic heterocycles. The standard InChI is InChI=1S/C31H32BNO2S/c1-6-7-8-18-9-10-25-19(15-18)27-28(36-25)32-22-16-20-21(31(4,5)13-12-30(20,2)3)17-24(22)35-29-26(32)23(34-27)11-14-33-29/h9-11,14-17H,6-8,12-13H2,1-5H3. The molecule has 0 bridgehead atoms. The highest BCUT2D eigenvalue weighted by atomic mass is 32.1. The van der Waals surface area contributed by atoms with Crippen molar-refractivity contribution in [2.75, 3.05) is 0 Å². The normalized spacial score (nSPS) is 18.0. The summed E-state index contributed by atoms with van der Waals surface area (Å²) < 4.78 is 15.7. The van der Waals surface area contributed by atoms with E-state index in [4.69, 9.17) is 9.47 Å². The Labute approximate surface area is 217 Å². The Morgan fingerprint density at radius 3 is 2.50 bits per heavy atom. The van der Waals surface area contributed by atoms with E-state index in [9.17, 15) is 0 Å². The molecule has 2 aromatic heterocycles. The maximum absolute atomic E-state index is 6.63. The number of pyridine rings is 1. The van der Waals surface area contributed by atoms with Crippen molar-refractivity contribution in [3.05, 3.63) is 59.3 Å². The van der Waals surface area contributed by atoms with Gasteiger partial charge in [0, 0.05) is 26.5 Å². The van der Waals surface area contributed by atoms with Crippen LogP contribution in [0.2, 0.25) is 0 Å². The number of thiophene rings is 1. The zero-order valence-corrected chi connectivity index (χ0v) is 22.6. The van der Waals surface area contributed by atoms with Gasteiger partial charge in [0.25, 0.3) is 6.71 Å². The fraction of sp³-hybridized carbons (Fsp3) is 0.387. The first-order valence-corrected chi connectivity index (χ1v) is 14.2. The monoisotopic (exact) mass is 493 g/mol. The zero-order valence-electron chi connectivity index (χ0n) is 21.8. The summed E-state index contributed by atoms with van der Waals surface area (Å²) in [5.41, 5.74) is 6.87. The molecule has 0 spiro atoms. The van der Waals surface area contributed by atoms with Crippen LogP contribution in [0.1, 0.15) is 77.0 Å². The summed E-state index contributed by atoms with van der Waals surface area (Å²) >= 11 is 1.86. The molecule has 0 radical (unpaired) electrons. The molecule has 36 heavy (non-hydrogen) atoms. The Bertz CT molecular complexity index is 1550. The van der Waals surface area contributed by atoms with E-state index in [0.717, 1.165) is 29.1 Å². The maximum Gasteiger partial charge on any atom is 0.275 e. The van der Waals surface area contributed by atoms with Crippen molar-refractivity contribution in [3.63, 3.8) is 0 Å². The molecule has 3 nitrogen and oxygen atoms in total. The van der Waals surface area contributed by atoms with Crippen molar-refractivity contribution in [3.8, 4) is 23.1 Å². The summed E-state index contributed by atoms with van der Waals surface area (Å²) in [4.78, 5) is 4.67. The quantitative estimate of drug-likeness (QED) is 0.257. The van der Waals surface area contributed by atoms with Crippen molar-refractivity contribution >= 4 is 43.8 Å². The number of aromatic nitrogens is 1. The molecule has 0 saturated carbocycles. The fourth-order valence-electron chi connectivity index (χ4n) is 6.41. The van der Waals surface area contributed by atoms with Gasteiger partial charge in [-0.1, -0.05) is 53.2 Å². The van der Waals surface area contributed by atoms with Crippen molar-refractivity contribution in [1.82, 2.24) is 4.98 Å². The molecule has 1 aliphatic carbocycles. The predicted molar refractivity (Wildman–Crippen MR) is 151 cm³/mol. The summed E-state index contributed by atoms with van der Waals surface area (Å²) in [5, 5.41) is 1.24. The predicted octanol–water partition coefficient (Wildman–Crippen LogP) is 6.72. The third-order valence-corrected chi connectivity index (χ3v) is 9.95. The zero-order chi connectivity index (χ0) is 24.8. The number of unbranched alkanes of at least 4 members (excludes halogenated alkanes) is 1. The van der Waals surface area contributed by atoms with Gasteiger partial charge < -0.3 is 9.47 Å². The average molecular weight is 493 g/mol. The van der Waals surface area contributed by atoms with E-state index in [1.165, 1.54) is 62.7 Å². The van der Waals surface area contributed by atoms with Crippen LogP contribution in [-0.4, -0.2) is 11.7 Å². The van der Waals surface area contributed by atoms with Crippen LogP contribution in [0.5, 0.6) is 23.1 Å². The van der Waals surface area contributed by atoms with Gasteiger partial charge in [0.1, 0.15) is 17.2 Å². The minimum atomic E-state index is 0.0823. The van der Waals surface area contributed by atoms with Crippen LogP contribution in [0, 0.1) is 0 Å². The second-order valence-corrected chi connectivity index (χ2v) is 13.2. The largest absolute Gasteiger partial charge is 0.457 e. The number of aryl methyl sites for hydroxylation is 1. The van der Waals surface area contributed by atoms with E-state index < -0.39 is 0 Å². The molecule has 0 saturated heterocycles. The van der Waals surface area contributed by atoms with E-state index in [1.807, 2.05) is 23.6 Å². The van der Waals surface area contributed by atoms with E-state index >= 15 is 0 Å². The SMILES string of the molecule is CCCCc1ccc2sc3c(c2c1)Oc1ccnc2c1B3c1cc3c(cc1O2)C(C)(C)CCC3(C)C. The van der Waals surface area contributed by atoms with Gasteiger partial charge in [0.05, 0.1) is 0 Å². The van der Waals surface area contributed by atoms with Gasteiger partial charge in [0.15, 0.2) is 0 Å². The van der Waals surface area contributed by atoms with Crippen LogP contribution in [0.25, 0.3) is 10.1 Å². The molecular weight excluding hydrogens is 461 g/mol. The highest BCUT2D eigenvalue weighted by molar-refractivity contribution is 7.33. The summed E-state index contributed by atoms with van der Waals surface area (Å²) in [6.07, 6.45) is 7.71. The molecule has 4 aromatic rings. The molecule has 2 aromatic carbocycles. The van der Waals surface area contributed by atoms with Crippen LogP contribution in [0.4, 0.5) is 0 Å². The molecule has 0 unspecified atom stereocenters. The Morgan fingerprint density at radius 2 is 1.72 bits per heavy atom. The van der Waals surface area contributed by atoms with Gasteiger partial charge in [-0.05, 0) is 82.9 Å². The number of rotatable bonds is 3. The molecule has 7 rings (SSSR count). The lowest BCUT2D eigenvalue weighted by Gasteiger charge is -2.43. The second-order valence-electron chi connectivity index (χ2n) is 12.1. The smallest absolute Gasteiger partial charge is 0.275 e. The van der Waals surface area contributed by atoms with Crippen molar-refractivity contribution in [1.29, 1.82) is 0 Å². The van der Waals surface area contributed by atoms with Crippen LogP contribution < -0.4 is 25.2 Å². The van der Waals surface area contributed by atoms with Crippen LogP contribution >= 0.6 is 11.3 Å². The molecule has 0 N–H and O–H groups in total. The molecular formula is C31H32BNO2S. The van der Waals surface area contributed by atoms with Gasteiger partial charge >= 0.3 is 0 Å². The van der Waals surface area contributed by atoms with Crippen molar-refractivity contribution in [2.45, 2.75) is 77.6 Å². The Balaban J connectivity index is 1.47. The van der Waals surface area contributed by atoms with Crippen molar-refractivity contribution < 1.29 is 9.47 Å². The van der Waals surface area contributed by atoms with Gasteiger partial charge in [0.2, 0.25) is 5.88 Å². The molecule has 3 aliphatic rings. The lowest BCUT2D eigenvalue weighted by Crippen LogP contribution is -2.57. The molecule has 4 heterocycles. The van der Waals surface area contributed by atoms with Crippen molar-refractivity contribution in [2.24, 2.45) is 0 Å². The molecule has 5 heteroatoms. The summed E-state index contributed by atoms with van der Waals surface area (Å²) in [5.74, 6) is 3.53. The average Bonchev–Trinajstić information content (AvgIpc) is 3.22. The van der Waals surface area contributed by atoms with Crippen LogP contribution in [0.15, 0.2) is 42.6 Å². The fourth-order valence-corrected chi connectivity index (χ4v) is 7.65. The number of fused-ring (bicyclic) bond motifs is 7. The van der Waals surface area contributed by atoms with E-state index in [0.29, 0.717) is 5.88 Å². The van der Waals surface area contributed by atoms with E-state index in [1.54, 1.807) is 0 Å². The Kier molecular flexibility index (Phi) is 4.74. The van der Waals surface area contributed by atoms with Gasteiger partial charge in [-0.2, -0.15) is 0 Å². The minimum Gasteiger partial charge on any atom is -0.457 e. The number of benzene rings is 2. The maximum atomic E-state index is 6.63. The first-order valence-electron chi connectivity index (χ1n) is 13.4. The lowest BCUT2D eigenvalue weighted by atomic mass is 9.37. The first-order chi connectivity index (χ1) is 17.3. The van der Waals surface area contributed by atoms with Crippen LogP contribution in [-0.2, 0) is 17.3 Å². The number of nitrogens with zero attached hydrogens (tertiary/aromatic N) is 1. The number of hydrogen-bond acceptors (Lipinski definition) is 4. The topological polar surface area (TPSA) is 31.4 Å². The lowest BCUT2D eigenvalue weighted by molar-refractivity contribution is 0.330. The molecule has 0 atom stereocenters. The summed E-state index contributed by atoms with van der Waals surface area (Å²) in [7, 11) is 0. The number of hydrogen-bond donors (Lipinski definition) is 0. The Morgan fingerprint density at radius 1 is 0.944 bits per heavy atom. The molecule has 0 fully saturated rings. The van der Waals surface area contributed by atoms with E-state index in [2.05, 4.69) is 69.9 Å². The highest BCUT2D eigenvalue weighted by Gasteiger charge is 2.45. The second kappa shape index (κ2) is 7.61. The third kappa shape index (κ3) is 3.14. The minimum absolute atomic E-state index is 0.0823. The molecule has 182 valence electrons. The van der Waals surface area contributed by atoms with E-state index in [-0.39, 0.29) is 17.5 Å². The third-order valence-electron chi connectivity index (χ3n) is 8.73. The molecule has 0 amide bonds. The van der Waals surface area contributed by atoms with Crippen LogP contribution in [0.3, 0.4) is 0 Å². The number of ether oxygens (including phenoxy) is 2. The first kappa shape index (κ1) is 22.4. The Hall–Kier alpha value is -2.79. The highest BCUT2D eigenvalue weighted by Crippen LogP contribution is 2.48. The van der Waals surface area contributed by atoms with Gasteiger partial charge in [-0.3, -0.25) is 0 Å². The van der Waals surface area contributed by atoms with Gasteiger partial charge in [-0.15, -0.1) is 11.3 Å². The summed E-state index contributed by atoms with van der Waals surface area (Å²) in [6.45, 7) is 11.9. The van der Waals surface area contributed by atoms with Gasteiger partial charge in [-0.25, -0.2) is 4.98 Å².